The van der Waals surface area contributed by atoms with E-state index >= 15 is 0 Å². The molecule has 0 saturated heterocycles. The molecule has 6 heteroatoms. The number of nitrogens with one attached hydrogen (secondary N) is 2. The summed E-state index contributed by atoms with van der Waals surface area (Å²) in [5, 5.41) is 8.64. The summed E-state index contributed by atoms with van der Waals surface area (Å²) in [5.41, 5.74) is 1.92. The Morgan fingerprint density at radius 1 is 1.30 bits per heavy atom. The number of para-hydroxylation sites is 1. The summed E-state index contributed by atoms with van der Waals surface area (Å²) in [7, 11) is 0. The Labute approximate surface area is 141 Å². The minimum atomic E-state index is -0.218. The maximum atomic E-state index is 12.1. The third-order valence-corrected chi connectivity index (χ3v) is 4.27. The lowest BCUT2D eigenvalue weighted by atomic mass is 10.2. The monoisotopic (exact) mass is 333 g/mol. The van der Waals surface area contributed by atoms with Crippen LogP contribution in [0, 0.1) is 6.92 Å². The number of ether oxygens (including phenoxy) is 1. The van der Waals surface area contributed by atoms with E-state index in [4.69, 9.17) is 4.74 Å². The molecular weight excluding hydrogens is 310 g/mol. The van der Waals surface area contributed by atoms with Crippen molar-refractivity contribution in [1.29, 1.82) is 0 Å². The van der Waals surface area contributed by atoms with Crippen molar-refractivity contribution in [2.45, 2.75) is 46.4 Å². The van der Waals surface area contributed by atoms with Crippen molar-refractivity contribution in [1.82, 2.24) is 15.6 Å². The number of benzene rings is 1. The molecule has 2 N–H and O–H groups in total. The van der Waals surface area contributed by atoms with Crippen molar-refractivity contribution in [2.75, 3.05) is 0 Å². The fourth-order valence-electron chi connectivity index (χ4n) is 2.07. The van der Waals surface area contributed by atoms with Crippen LogP contribution in [0.4, 0.5) is 4.79 Å². The second kappa shape index (κ2) is 7.97. The lowest BCUT2D eigenvalue weighted by Gasteiger charge is -2.16. The van der Waals surface area contributed by atoms with Gasteiger partial charge in [0.1, 0.15) is 10.8 Å². The average Bonchev–Trinajstić information content (AvgIpc) is 2.92. The second-order valence-corrected chi connectivity index (χ2v) is 6.54. The van der Waals surface area contributed by atoms with Crippen molar-refractivity contribution < 1.29 is 9.53 Å². The summed E-state index contributed by atoms with van der Waals surface area (Å²) in [5.74, 6) is 0.798. The second-order valence-electron chi connectivity index (χ2n) is 5.65. The van der Waals surface area contributed by atoms with Crippen LogP contribution in [0.5, 0.6) is 5.75 Å². The largest absolute Gasteiger partial charge is 0.491 e. The third kappa shape index (κ3) is 5.25. The normalized spacial score (nSPS) is 12.0. The maximum absolute atomic E-state index is 12.1. The lowest BCUT2D eigenvalue weighted by molar-refractivity contribution is 0.234. The minimum Gasteiger partial charge on any atom is -0.491 e. The van der Waals surface area contributed by atoms with Gasteiger partial charge in [-0.3, -0.25) is 0 Å². The predicted octanol–water partition coefficient (Wildman–Crippen LogP) is 3.80. The molecule has 1 aromatic heterocycles. The van der Waals surface area contributed by atoms with Crippen LogP contribution in [-0.4, -0.2) is 17.1 Å². The van der Waals surface area contributed by atoms with Crippen molar-refractivity contribution in [3.63, 3.8) is 0 Å². The molecule has 1 heterocycles. The number of aromatic nitrogens is 1. The third-order valence-electron chi connectivity index (χ3n) is 3.13. The Balaban J connectivity index is 1.89. The highest BCUT2D eigenvalue weighted by Gasteiger charge is 2.13. The van der Waals surface area contributed by atoms with Crippen molar-refractivity contribution in [3.8, 4) is 5.75 Å². The molecule has 1 aromatic carbocycles. The smallest absolute Gasteiger partial charge is 0.315 e. The van der Waals surface area contributed by atoms with Gasteiger partial charge in [-0.15, -0.1) is 11.3 Å². The first-order chi connectivity index (χ1) is 11.0. The van der Waals surface area contributed by atoms with E-state index in [0.717, 1.165) is 22.0 Å². The van der Waals surface area contributed by atoms with Gasteiger partial charge in [-0.2, -0.15) is 0 Å². The van der Waals surface area contributed by atoms with E-state index in [1.165, 1.54) is 0 Å². The number of hydrogen-bond donors (Lipinski definition) is 2. The molecule has 0 unspecified atom stereocenters. The molecule has 2 rings (SSSR count). The Bertz CT molecular complexity index is 655. The number of nitrogens with zero attached hydrogens (tertiary/aromatic N) is 1. The van der Waals surface area contributed by atoms with E-state index < -0.39 is 0 Å². The van der Waals surface area contributed by atoms with Crippen LogP contribution >= 0.6 is 11.3 Å². The molecule has 0 radical (unpaired) electrons. The highest BCUT2D eigenvalue weighted by Crippen LogP contribution is 2.19. The van der Waals surface area contributed by atoms with Gasteiger partial charge >= 0.3 is 6.03 Å². The van der Waals surface area contributed by atoms with E-state index in [-0.39, 0.29) is 18.2 Å². The molecule has 0 fully saturated rings. The fraction of sp³-hybridized carbons (Fsp3) is 0.412. The number of urea groups is 1. The highest BCUT2D eigenvalue weighted by atomic mass is 32.1. The maximum Gasteiger partial charge on any atom is 0.315 e. The van der Waals surface area contributed by atoms with Gasteiger partial charge in [0.15, 0.2) is 0 Å². The average molecular weight is 333 g/mol. The van der Waals surface area contributed by atoms with Gasteiger partial charge in [-0.25, -0.2) is 9.78 Å². The van der Waals surface area contributed by atoms with Gasteiger partial charge in [0.05, 0.1) is 12.1 Å². The van der Waals surface area contributed by atoms with Crippen molar-refractivity contribution >= 4 is 17.4 Å². The summed E-state index contributed by atoms with van der Waals surface area (Å²) in [6, 6.07) is 7.39. The summed E-state index contributed by atoms with van der Waals surface area (Å²) in [6.07, 6.45) is 0.0955. The van der Waals surface area contributed by atoms with Crippen LogP contribution in [0.3, 0.4) is 0 Å². The van der Waals surface area contributed by atoms with Gasteiger partial charge < -0.3 is 15.4 Å². The number of rotatable bonds is 6. The molecule has 1 atom stereocenters. The zero-order chi connectivity index (χ0) is 16.8. The topological polar surface area (TPSA) is 63.2 Å². The number of carbonyl (C=O) groups is 1. The highest BCUT2D eigenvalue weighted by molar-refractivity contribution is 7.09. The summed E-state index contributed by atoms with van der Waals surface area (Å²) in [4.78, 5) is 16.4. The van der Waals surface area contributed by atoms with E-state index in [9.17, 15) is 4.79 Å². The number of hydrogen-bond acceptors (Lipinski definition) is 4. The molecule has 0 aliphatic carbocycles. The zero-order valence-corrected chi connectivity index (χ0v) is 14.7. The quantitative estimate of drug-likeness (QED) is 0.845. The Kier molecular flexibility index (Phi) is 5.98. The molecule has 124 valence electrons. The van der Waals surface area contributed by atoms with Crippen LogP contribution in [0.2, 0.25) is 0 Å². The lowest BCUT2D eigenvalue weighted by Crippen LogP contribution is -2.36. The van der Waals surface area contributed by atoms with Crippen LogP contribution in [-0.2, 0) is 6.54 Å². The van der Waals surface area contributed by atoms with E-state index in [1.807, 2.05) is 57.3 Å². The predicted molar refractivity (Wildman–Crippen MR) is 92.8 cm³/mol. The molecule has 0 saturated carbocycles. The van der Waals surface area contributed by atoms with Crippen molar-refractivity contribution in [2.24, 2.45) is 0 Å². The first-order valence-electron chi connectivity index (χ1n) is 7.66. The molecule has 0 aliphatic rings. The van der Waals surface area contributed by atoms with E-state index in [2.05, 4.69) is 15.6 Å². The van der Waals surface area contributed by atoms with Crippen LogP contribution < -0.4 is 15.4 Å². The number of aryl methyl sites for hydroxylation is 1. The molecule has 2 aromatic rings. The summed E-state index contributed by atoms with van der Waals surface area (Å²) < 4.78 is 5.75. The van der Waals surface area contributed by atoms with E-state index in [0.29, 0.717) is 6.54 Å². The number of amides is 2. The first-order valence-corrected chi connectivity index (χ1v) is 8.54. The Morgan fingerprint density at radius 3 is 2.70 bits per heavy atom. The van der Waals surface area contributed by atoms with Gasteiger partial charge in [0.2, 0.25) is 0 Å². The summed E-state index contributed by atoms with van der Waals surface area (Å²) in [6.45, 7) is 8.24. The Morgan fingerprint density at radius 2 is 2.04 bits per heavy atom. The zero-order valence-electron chi connectivity index (χ0n) is 13.9. The minimum absolute atomic E-state index is 0.0955. The first kappa shape index (κ1) is 17.3. The van der Waals surface area contributed by atoms with Gasteiger partial charge in [0.25, 0.3) is 0 Å². The van der Waals surface area contributed by atoms with Crippen molar-refractivity contribution in [3.05, 3.63) is 45.9 Å². The molecule has 0 spiro atoms. The fourth-order valence-corrected chi connectivity index (χ4v) is 2.88. The molecule has 2 amide bonds. The standard InChI is InChI=1S/C17H23N3O2S/c1-11(2)22-15-8-6-5-7-14(15)9-18-17(21)20-13(4)16-19-12(3)10-23-16/h5-8,10-11,13H,9H2,1-4H3,(H2,18,20,21)/t13-/m1/s1. The van der Waals surface area contributed by atoms with Crippen LogP contribution in [0.15, 0.2) is 29.6 Å². The van der Waals surface area contributed by atoms with E-state index in [1.54, 1.807) is 11.3 Å². The number of thiazole rings is 1. The molecule has 0 aliphatic heterocycles. The van der Waals surface area contributed by atoms with Gasteiger partial charge in [-0.05, 0) is 33.8 Å². The van der Waals surface area contributed by atoms with Crippen LogP contribution in [0.1, 0.15) is 43.1 Å². The number of carbonyl (C=O) groups excluding carboxylic acids is 1. The molecule has 5 nitrogen and oxygen atoms in total. The SMILES string of the molecule is Cc1csc([C@@H](C)NC(=O)NCc2ccccc2OC(C)C)n1. The van der Waals surface area contributed by atoms with Gasteiger partial charge in [-0.1, -0.05) is 18.2 Å². The van der Waals surface area contributed by atoms with Crippen LogP contribution in [0.25, 0.3) is 0 Å². The Hall–Kier alpha value is -2.08. The summed E-state index contributed by atoms with van der Waals surface area (Å²) >= 11 is 1.55. The molecule has 0 bridgehead atoms. The van der Waals surface area contributed by atoms with Gasteiger partial charge in [0, 0.05) is 23.2 Å². The molecular formula is C17H23N3O2S. The molecule has 23 heavy (non-hydrogen) atoms.